The van der Waals surface area contributed by atoms with Crippen LogP contribution in [0.1, 0.15) is 26.3 Å². The number of hydrogen-bond acceptors (Lipinski definition) is 7. The highest BCUT2D eigenvalue weighted by Crippen LogP contribution is 2.23. The van der Waals surface area contributed by atoms with Gasteiger partial charge >= 0.3 is 0 Å². The van der Waals surface area contributed by atoms with Crippen LogP contribution in [0.25, 0.3) is 0 Å². The van der Waals surface area contributed by atoms with Crippen molar-refractivity contribution in [2.45, 2.75) is 6.54 Å². The predicted octanol–water partition coefficient (Wildman–Crippen LogP) is 2.63. The molecule has 0 bridgehead atoms. The van der Waals surface area contributed by atoms with Crippen molar-refractivity contribution in [2.75, 3.05) is 30.7 Å². The predicted molar refractivity (Wildman–Crippen MR) is 133 cm³/mol. The van der Waals surface area contributed by atoms with Crippen LogP contribution in [0.2, 0.25) is 0 Å². The molecule has 0 unspecified atom stereocenters. The SMILES string of the molecule is CS(=O)(=O)Nc1ccc(C(=O)CN(CCOc2ccc(C(N)=O)c(O)c2)Cc2ccccc2)cc1. The van der Waals surface area contributed by atoms with E-state index in [1.165, 1.54) is 12.1 Å². The summed E-state index contributed by atoms with van der Waals surface area (Å²) < 4.78 is 30.8. The number of rotatable bonds is 12. The maximum Gasteiger partial charge on any atom is 0.252 e. The molecular formula is C25H27N3O6S. The van der Waals surface area contributed by atoms with Gasteiger partial charge in [-0.05, 0) is 42.0 Å². The zero-order valence-corrected chi connectivity index (χ0v) is 20.0. The number of nitrogens with two attached hydrogens (primary N) is 1. The number of carbonyl (C=O) groups excluding carboxylic acids is 2. The first-order valence-electron chi connectivity index (χ1n) is 10.7. The normalized spacial score (nSPS) is 11.3. The van der Waals surface area contributed by atoms with Gasteiger partial charge in [-0.3, -0.25) is 19.2 Å². The topological polar surface area (TPSA) is 139 Å². The highest BCUT2D eigenvalue weighted by molar-refractivity contribution is 7.92. The Kier molecular flexibility index (Phi) is 8.45. The van der Waals surface area contributed by atoms with Crippen molar-refractivity contribution in [3.05, 3.63) is 89.5 Å². The molecule has 0 fully saturated rings. The molecule has 9 nitrogen and oxygen atoms in total. The Labute approximate surface area is 204 Å². The lowest BCUT2D eigenvalue weighted by molar-refractivity contribution is 0.0912. The molecule has 0 saturated heterocycles. The number of nitrogens with zero attached hydrogens (tertiary/aromatic N) is 1. The molecule has 3 aromatic rings. The van der Waals surface area contributed by atoms with Gasteiger partial charge in [0.1, 0.15) is 18.1 Å². The molecule has 3 aromatic carbocycles. The lowest BCUT2D eigenvalue weighted by atomic mass is 10.1. The van der Waals surface area contributed by atoms with Gasteiger partial charge in [0.15, 0.2) is 5.78 Å². The number of phenols is 1. The number of anilines is 1. The molecular weight excluding hydrogens is 470 g/mol. The largest absolute Gasteiger partial charge is 0.507 e. The average Bonchev–Trinajstić information content (AvgIpc) is 2.79. The van der Waals surface area contributed by atoms with E-state index < -0.39 is 15.9 Å². The Morgan fingerprint density at radius 1 is 1.03 bits per heavy atom. The van der Waals surface area contributed by atoms with Crippen LogP contribution < -0.4 is 15.2 Å². The molecule has 0 saturated carbocycles. The maximum atomic E-state index is 12.9. The molecule has 1 amide bonds. The molecule has 0 atom stereocenters. The van der Waals surface area contributed by atoms with E-state index in [0.29, 0.717) is 30.1 Å². The van der Waals surface area contributed by atoms with Gasteiger partial charge in [0.2, 0.25) is 10.0 Å². The summed E-state index contributed by atoms with van der Waals surface area (Å²) in [5, 5.41) is 9.92. The van der Waals surface area contributed by atoms with E-state index in [1.54, 1.807) is 30.3 Å². The smallest absolute Gasteiger partial charge is 0.252 e. The molecule has 184 valence electrons. The summed E-state index contributed by atoms with van der Waals surface area (Å²) in [7, 11) is -3.40. The molecule has 35 heavy (non-hydrogen) atoms. The summed E-state index contributed by atoms with van der Waals surface area (Å²) >= 11 is 0. The van der Waals surface area contributed by atoms with E-state index in [9.17, 15) is 23.1 Å². The summed E-state index contributed by atoms with van der Waals surface area (Å²) in [6.45, 7) is 1.26. The number of amides is 1. The number of Topliss-reactive ketones (excluding diaryl/α,β-unsaturated/α-hetero) is 1. The second-order valence-electron chi connectivity index (χ2n) is 7.96. The van der Waals surface area contributed by atoms with Crippen molar-refractivity contribution in [3.8, 4) is 11.5 Å². The van der Waals surface area contributed by atoms with E-state index in [-0.39, 0.29) is 30.2 Å². The molecule has 0 heterocycles. The van der Waals surface area contributed by atoms with Gasteiger partial charge in [0, 0.05) is 30.4 Å². The van der Waals surface area contributed by atoms with E-state index in [0.717, 1.165) is 11.8 Å². The molecule has 0 radical (unpaired) electrons. The maximum absolute atomic E-state index is 12.9. The van der Waals surface area contributed by atoms with E-state index in [2.05, 4.69) is 4.72 Å². The molecule has 4 N–H and O–H groups in total. The molecule has 10 heteroatoms. The van der Waals surface area contributed by atoms with E-state index in [1.807, 2.05) is 35.2 Å². The highest BCUT2D eigenvalue weighted by atomic mass is 32.2. The van der Waals surface area contributed by atoms with E-state index >= 15 is 0 Å². The van der Waals surface area contributed by atoms with Crippen molar-refractivity contribution in [1.29, 1.82) is 0 Å². The fourth-order valence-corrected chi connectivity index (χ4v) is 3.95. The summed E-state index contributed by atoms with van der Waals surface area (Å²) in [4.78, 5) is 26.1. The summed E-state index contributed by atoms with van der Waals surface area (Å²) in [5.41, 5.74) is 7.06. The zero-order chi connectivity index (χ0) is 25.4. The van der Waals surface area contributed by atoms with Crippen LogP contribution in [0.15, 0.2) is 72.8 Å². The number of ketones is 1. The van der Waals surface area contributed by atoms with Crippen molar-refractivity contribution < 1.29 is 27.9 Å². The van der Waals surface area contributed by atoms with Crippen molar-refractivity contribution >= 4 is 27.4 Å². The Hall–Kier alpha value is -3.89. The molecule has 0 aliphatic rings. The monoisotopic (exact) mass is 497 g/mol. The fourth-order valence-electron chi connectivity index (χ4n) is 3.39. The minimum absolute atomic E-state index is 0.00593. The molecule has 0 aliphatic carbocycles. The number of primary amides is 1. The minimum atomic E-state index is -3.40. The number of sulfonamides is 1. The van der Waals surface area contributed by atoms with Crippen LogP contribution in [-0.4, -0.2) is 56.1 Å². The minimum Gasteiger partial charge on any atom is -0.507 e. The standard InChI is InChI=1S/C25H27N3O6S/c1-35(32,33)27-20-9-7-19(8-10-20)24(30)17-28(16-18-5-3-2-4-6-18)13-14-34-21-11-12-22(25(26)31)23(29)15-21/h2-12,15,27,29H,13-14,16-17H2,1H3,(H2,26,31). The first-order chi connectivity index (χ1) is 16.6. The van der Waals surface area contributed by atoms with Gasteiger partial charge in [-0.2, -0.15) is 0 Å². The second-order valence-corrected chi connectivity index (χ2v) is 9.71. The van der Waals surface area contributed by atoms with Crippen molar-refractivity contribution in [2.24, 2.45) is 5.73 Å². The quantitative estimate of drug-likeness (QED) is 0.327. The van der Waals surface area contributed by atoms with Crippen molar-refractivity contribution in [3.63, 3.8) is 0 Å². The van der Waals surface area contributed by atoms with Gasteiger partial charge in [0.25, 0.3) is 5.91 Å². The Morgan fingerprint density at radius 2 is 1.71 bits per heavy atom. The number of hydrogen-bond donors (Lipinski definition) is 3. The molecule has 0 spiro atoms. The third kappa shape index (κ3) is 8.13. The number of benzene rings is 3. The second kappa shape index (κ2) is 11.5. The Morgan fingerprint density at radius 3 is 2.31 bits per heavy atom. The van der Waals surface area contributed by atoms with E-state index in [4.69, 9.17) is 10.5 Å². The van der Waals surface area contributed by atoms with Crippen LogP contribution >= 0.6 is 0 Å². The lowest BCUT2D eigenvalue weighted by Crippen LogP contribution is -2.33. The molecule has 3 rings (SSSR count). The Bertz CT molecular complexity index is 1280. The first-order valence-corrected chi connectivity index (χ1v) is 12.6. The summed E-state index contributed by atoms with van der Waals surface area (Å²) in [6.07, 6.45) is 1.06. The number of carbonyl (C=O) groups is 2. The Balaban J connectivity index is 1.66. The van der Waals surface area contributed by atoms with Crippen LogP contribution in [0.5, 0.6) is 11.5 Å². The van der Waals surface area contributed by atoms with Crippen molar-refractivity contribution in [1.82, 2.24) is 4.90 Å². The van der Waals surface area contributed by atoms with Gasteiger partial charge in [-0.15, -0.1) is 0 Å². The zero-order valence-electron chi connectivity index (χ0n) is 19.2. The lowest BCUT2D eigenvalue weighted by Gasteiger charge is -2.22. The van der Waals surface area contributed by atoms with Gasteiger partial charge in [-0.1, -0.05) is 30.3 Å². The van der Waals surface area contributed by atoms with Crippen LogP contribution in [0, 0.1) is 0 Å². The third-order valence-electron chi connectivity index (χ3n) is 5.04. The van der Waals surface area contributed by atoms with Gasteiger partial charge < -0.3 is 15.6 Å². The first kappa shape index (κ1) is 25.7. The number of ether oxygens (including phenoxy) is 1. The number of nitrogens with one attached hydrogen (secondary N) is 1. The highest BCUT2D eigenvalue weighted by Gasteiger charge is 2.15. The fraction of sp³-hybridized carbons (Fsp3) is 0.200. The van der Waals surface area contributed by atoms with Gasteiger partial charge in [-0.25, -0.2) is 8.42 Å². The van der Waals surface area contributed by atoms with Crippen LogP contribution in [0.3, 0.4) is 0 Å². The summed E-state index contributed by atoms with van der Waals surface area (Å²) in [5.74, 6) is -0.760. The van der Waals surface area contributed by atoms with Gasteiger partial charge in [0.05, 0.1) is 18.4 Å². The molecule has 0 aliphatic heterocycles. The van der Waals surface area contributed by atoms with Crippen LogP contribution in [-0.2, 0) is 16.6 Å². The molecule has 0 aromatic heterocycles. The number of aromatic hydroxyl groups is 1. The van der Waals surface area contributed by atoms with Crippen LogP contribution in [0.4, 0.5) is 5.69 Å². The summed E-state index contributed by atoms with van der Waals surface area (Å²) in [6, 6.07) is 20.2. The third-order valence-corrected chi connectivity index (χ3v) is 5.64. The average molecular weight is 498 g/mol.